The number of carbonyl (C=O) groups is 3. The first-order valence-electron chi connectivity index (χ1n) is 12.4. The van der Waals surface area contributed by atoms with E-state index in [0.29, 0.717) is 0 Å². The molecule has 1 aromatic carbocycles. The summed E-state index contributed by atoms with van der Waals surface area (Å²) in [5, 5.41) is 15.0. The zero-order chi connectivity index (χ0) is 28.7. The van der Waals surface area contributed by atoms with E-state index < -0.39 is 22.8 Å². The predicted molar refractivity (Wildman–Crippen MR) is 150 cm³/mol. The Bertz CT molecular complexity index is 857. The molecule has 0 radical (unpaired) electrons. The van der Waals surface area contributed by atoms with Crippen LogP contribution in [0.25, 0.3) is 0 Å². The minimum atomic E-state index is -1.02. The van der Waals surface area contributed by atoms with E-state index in [0.717, 1.165) is 11.3 Å². The van der Waals surface area contributed by atoms with E-state index >= 15 is 0 Å². The molecule has 0 saturated carbocycles. The van der Waals surface area contributed by atoms with Crippen LogP contribution in [0, 0.1) is 5.41 Å². The quantitative estimate of drug-likeness (QED) is 0.368. The summed E-state index contributed by atoms with van der Waals surface area (Å²) in [5.74, 6) is -1.49. The summed E-state index contributed by atoms with van der Waals surface area (Å²) in [6.45, 7) is 15.6. The average Bonchev–Trinajstić information content (AvgIpc) is 2.81. The minimum absolute atomic E-state index is 0.154. The van der Waals surface area contributed by atoms with Gasteiger partial charge in [-0.25, -0.2) is 4.79 Å². The highest BCUT2D eigenvalue weighted by Gasteiger charge is 2.36. The minimum Gasteiger partial charge on any atom is -0.478 e. The number of hydrogen-bond acceptors (Lipinski definition) is 5. The van der Waals surface area contributed by atoms with Crippen molar-refractivity contribution in [3.8, 4) is 0 Å². The number of rotatable bonds is 9. The molecule has 2 amide bonds. The second-order valence-corrected chi connectivity index (χ2v) is 10.4. The van der Waals surface area contributed by atoms with Crippen molar-refractivity contribution in [3.05, 3.63) is 41.5 Å². The third-order valence-corrected chi connectivity index (χ3v) is 5.34. The summed E-state index contributed by atoms with van der Waals surface area (Å²) >= 11 is 0. The number of nitrogens with zero attached hydrogens (tertiary/aromatic N) is 1. The fourth-order valence-electron chi connectivity index (χ4n) is 3.13. The SMILES string of the molecule is CCC.CN.CNc1cccc(C(C)(C)CC(=O)NC(C(=O)N(C)C/C=C(\C)C(=O)O)C(C)(C)C)c1. The van der Waals surface area contributed by atoms with Crippen molar-refractivity contribution in [2.45, 2.75) is 79.7 Å². The molecule has 0 aliphatic carbocycles. The first-order chi connectivity index (χ1) is 16.6. The maximum absolute atomic E-state index is 13.1. The molecule has 0 aliphatic heterocycles. The average molecular weight is 507 g/mol. The first-order valence-corrected chi connectivity index (χ1v) is 12.4. The van der Waals surface area contributed by atoms with Crippen molar-refractivity contribution in [2.24, 2.45) is 11.1 Å². The van der Waals surface area contributed by atoms with E-state index in [2.05, 4.69) is 30.2 Å². The topological polar surface area (TPSA) is 125 Å². The molecule has 206 valence electrons. The molecule has 1 aromatic rings. The number of nitrogens with two attached hydrogens (primary N) is 1. The van der Waals surface area contributed by atoms with Gasteiger partial charge in [0.05, 0.1) is 0 Å². The highest BCUT2D eigenvalue weighted by molar-refractivity contribution is 5.89. The lowest BCUT2D eigenvalue weighted by atomic mass is 9.80. The van der Waals surface area contributed by atoms with Gasteiger partial charge in [0.2, 0.25) is 11.8 Å². The third-order valence-electron chi connectivity index (χ3n) is 5.34. The number of amides is 2. The van der Waals surface area contributed by atoms with E-state index in [4.69, 9.17) is 5.11 Å². The fourth-order valence-corrected chi connectivity index (χ4v) is 3.13. The largest absolute Gasteiger partial charge is 0.478 e. The summed E-state index contributed by atoms with van der Waals surface area (Å²) in [6.07, 6.45) is 2.96. The summed E-state index contributed by atoms with van der Waals surface area (Å²) in [4.78, 5) is 38.4. The van der Waals surface area contributed by atoms with Crippen molar-refractivity contribution in [1.82, 2.24) is 10.2 Å². The van der Waals surface area contributed by atoms with Gasteiger partial charge in [0, 0.05) is 38.3 Å². The normalized spacial score (nSPS) is 12.2. The van der Waals surface area contributed by atoms with E-state index in [-0.39, 0.29) is 30.4 Å². The number of anilines is 1. The molecule has 0 fully saturated rings. The lowest BCUT2D eigenvalue weighted by Crippen LogP contribution is -2.54. The Hall–Kier alpha value is -2.87. The van der Waals surface area contributed by atoms with Gasteiger partial charge in [0.25, 0.3) is 0 Å². The van der Waals surface area contributed by atoms with Gasteiger partial charge in [0.1, 0.15) is 6.04 Å². The number of likely N-dealkylation sites (N-methyl/N-ethyl adjacent to an activating group) is 1. The van der Waals surface area contributed by atoms with Crippen LogP contribution in [-0.2, 0) is 19.8 Å². The van der Waals surface area contributed by atoms with Crippen LogP contribution >= 0.6 is 0 Å². The van der Waals surface area contributed by atoms with E-state index in [1.54, 1.807) is 7.05 Å². The summed E-state index contributed by atoms with van der Waals surface area (Å²) in [7, 11) is 4.95. The third kappa shape index (κ3) is 12.7. The van der Waals surface area contributed by atoms with Crippen LogP contribution in [0.15, 0.2) is 35.9 Å². The maximum atomic E-state index is 13.1. The number of benzene rings is 1. The fraction of sp³-hybridized carbons (Fsp3) is 0.607. The van der Waals surface area contributed by atoms with Crippen LogP contribution in [0.2, 0.25) is 0 Å². The molecule has 5 N–H and O–H groups in total. The zero-order valence-electron chi connectivity index (χ0n) is 24.3. The van der Waals surface area contributed by atoms with Gasteiger partial charge in [-0.2, -0.15) is 0 Å². The molecule has 0 bridgehead atoms. The van der Waals surface area contributed by atoms with Gasteiger partial charge in [-0.15, -0.1) is 0 Å². The van der Waals surface area contributed by atoms with Gasteiger partial charge < -0.3 is 26.4 Å². The van der Waals surface area contributed by atoms with Crippen LogP contribution < -0.4 is 16.4 Å². The van der Waals surface area contributed by atoms with Gasteiger partial charge in [0.15, 0.2) is 0 Å². The number of carboxylic acid groups (broad SMARTS) is 1. The van der Waals surface area contributed by atoms with Crippen molar-refractivity contribution in [2.75, 3.05) is 33.0 Å². The Labute approximate surface area is 218 Å². The second-order valence-electron chi connectivity index (χ2n) is 10.4. The van der Waals surface area contributed by atoms with E-state index in [9.17, 15) is 14.4 Å². The van der Waals surface area contributed by atoms with Crippen LogP contribution in [-0.4, -0.2) is 61.5 Å². The molecule has 36 heavy (non-hydrogen) atoms. The maximum Gasteiger partial charge on any atom is 0.331 e. The molecule has 0 spiro atoms. The summed E-state index contributed by atoms with van der Waals surface area (Å²) < 4.78 is 0. The molecule has 8 heteroatoms. The Balaban J connectivity index is 0. The van der Waals surface area contributed by atoms with Crippen molar-refractivity contribution >= 4 is 23.5 Å². The summed E-state index contributed by atoms with van der Waals surface area (Å²) in [5.41, 5.74) is 5.74. The Kier molecular flexibility index (Phi) is 16.4. The predicted octanol–water partition coefficient (Wildman–Crippen LogP) is 4.41. The lowest BCUT2D eigenvalue weighted by Gasteiger charge is -2.34. The molecule has 0 aliphatic rings. The van der Waals surface area contributed by atoms with Crippen molar-refractivity contribution in [3.63, 3.8) is 0 Å². The van der Waals surface area contributed by atoms with Gasteiger partial charge >= 0.3 is 5.97 Å². The molecule has 1 atom stereocenters. The molecule has 0 saturated heterocycles. The first kappa shape index (κ1) is 35.3. The Morgan fingerprint density at radius 2 is 1.64 bits per heavy atom. The monoisotopic (exact) mass is 506 g/mol. The molecule has 1 rings (SSSR count). The van der Waals surface area contributed by atoms with E-state index in [1.165, 1.54) is 31.4 Å². The number of carboxylic acids is 1. The molecule has 8 nitrogen and oxygen atoms in total. The smallest absolute Gasteiger partial charge is 0.331 e. The molecule has 0 heterocycles. The van der Waals surface area contributed by atoms with Gasteiger partial charge in [-0.3, -0.25) is 9.59 Å². The Morgan fingerprint density at radius 3 is 2.08 bits per heavy atom. The Morgan fingerprint density at radius 1 is 1.11 bits per heavy atom. The molecule has 0 aromatic heterocycles. The zero-order valence-corrected chi connectivity index (χ0v) is 24.3. The number of aliphatic carboxylic acids is 1. The van der Waals surface area contributed by atoms with Crippen molar-refractivity contribution in [1.29, 1.82) is 0 Å². The number of nitrogens with one attached hydrogen (secondary N) is 2. The highest BCUT2D eigenvalue weighted by atomic mass is 16.4. The van der Waals surface area contributed by atoms with Crippen molar-refractivity contribution < 1.29 is 19.5 Å². The second kappa shape index (κ2) is 16.7. The van der Waals surface area contributed by atoms with Crippen LogP contribution in [0.1, 0.15) is 73.8 Å². The van der Waals surface area contributed by atoms with Crippen LogP contribution in [0.4, 0.5) is 5.69 Å². The highest BCUT2D eigenvalue weighted by Crippen LogP contribution is 2.29. The molecular weight excluding hydrogens is 456 g/mol. The molecular formula is C28H50N4O4. The standard InChI is InChI=1S/C24H37N3O4.C3H8.CH5N/c1-16(22(30)31)12-13-27(8)21(29)20(23(2,3)4)26-19(28)15-24(5,6)17-10-9-11-18(14-17)25-7;1-3-2;1-2/h9-12,14,20,25H,13,15H2,1-8H3,(H,26,28)(H,30,31);3H2,1-2H3;2H2,1H3/b16-12+;;. The number of hydrogen-bond donors (Lipinski definition) is 4. The summed E-state index contributed by atoms with van der Waals surface area (Å²) in [6, 6.07) is 7.19. The lowest BCUT2D eigenvalue weighted by molar-refractivity contribution is -0.138. The number of carbonyl (C=O) groups excluding carboxylic acids is 2. The van der Waals surface area contributed by atoms with E-state index in [1.807, 2.05) is 65.9 Å². The molecule has 1 unspecified atom stereocenters. The van der Waals surface area contributed by atoms with Crippen LogP contribution in [0.3, 0.4) is 0 Å². The van der Waals surface area contributed by atoms with Gasteiger partial charge in [-0.1, -0.05) is 73.1 Å². The van der Waals surface area contributed by atoms with Crippen LogP contribution in [0.5, 0.6) is 0 Å². The van der Waals surface area contributed by atoms with Gasteiger partial charge in [-0.05, 0) is 42.5 Å².